The number of benzene rings is 1. The Bertz CT molecular complexity index is 1240. The highest BCUT2D eigenvalue weighted by Gasteiger charge is 2.39. The van der Waals surface area contributed by atoms with E-state index in [0.29, 0.717) is 9.54 Å². The van der Waals surface area contributed by atoms with E-state index in [2.05, 4.69) is 10.3 Å². The number of carbonyl (C=O) groups is 3. The molecule has 0 radical (unpaired) electrons. The van der Waals surface area contributed by atoms with Gasteiger partial charge in [0.25, 0.3) is 15.9 Å². The van der Waals surface area contributed by atoms with Crippen LogP contribution in [0.2, 0.25) is 0 Å². The molecule has 2 aliphatic heterocycles. The van der Waals surface area contributed by atoms with E-state index in [4.69, 9.17) is 5.73 Å². The molecule has 29 heavy (non-hydrogen) atoms. The van der Waals surface area contributed by atoms with Gasteiger partial charge in [-0.15, -0.1) is 0 Å². The number of rotatable bonds is 3. The highest BCUT2D eigenvalue weighted by atomic mass is 32.2. The predicted octanol–water partition coefficient (Wildman–Crippen LogP) is -1.18. The number of nitrogens with two attached hydrogens (primary N) is 1. The lowest BCUT2D eigenvalue weighted by molar-refractivity contribution is -0.136. The van der Waals surface area contributed by atoms with Crippen LogP contribution in [0.25, 0.3) is 0 Å². The van der Waals surface area contributed by atoms with E-state index in [1.165, 1.54) is 29.2 Å². The van der Waals surface area contributed by atoms with Gasteiger partial charge in [-0.1, -0.05) is 6.07 Å². The number of amides is 3. The molecular weight excluding hydrogens is 402 g/mol. The number of imide groups is 1. The lowest BCUT2D eigenvalue weighted by Gasteiger charge is -2.29. The normalized spacial score (nSPS) is 19.2. The molecule has 4 rings (SSSR count). The number of anilines is 1. The second-order valence-corrected chi connectivity index (χ2v) is 8.47. The maximum Gasteiger partial charge on any atom is 0.363 e. The molecule has 1 saturated heterocycles. The summed E-state index contributed by atoms with van der Waals surface area (Å²) in [4.78, 5) is 52.6. The number of nitrogens with zero attached hydrogens (tertiary/aromatic N) is 3. The lowest BCUT2D eigenvalue weighted by Crippen LogP contribution is -2.52. The third-order valence-corrected chi connectivity index (χ3v) is 6.50. The largest absolute Gasteiger partial charge is 0.383 e. The summed E-state index contributed by atoms with van der Waals surface area (Å²) in [6, 6.07) is 4.26. The third kappa shape index (κ3) is 3.06. The van der Waals surface area contributed by atoms with Crippen LogP contribution in [0.3, 0.4) is 0 Å². The number of fused-ring (bicyclic) bond motifs is 1. The summed E-state index contributed by atoms with van der Waals surface area (Å²) in [5.74, 6) is -1.60. The van der Waals surface area contributed by atoms with Gasteiger partial charge in [-0.2, -0.15) is 8.96 Å². The first-order chi connectivity index (χ1) is 13.7. The van der Waals surface area contributed by atoms with Crippen molar-refractivity contribution < 1.29 is 22.8 Å². The van der Waals surface area contributed by atoms with Crippen molar-refractivity contribution in [3.8, 4) is 0 Å². The number of piperidine rings is 1. The summed E-state index contributed by atoms with van der Waals surface area (Å²) in [7, 11) is -4.30. The third-order valence-electron chi connectivity index (χ3n) is 4.85. The van der Waals surface area contributed by atoms with Crippen molar-refractivity contribution in [2.24, 2.45) is 0 Å². The summed E-state index contributed by atoms with van der Waals surface area (Å²) in [5.41, 5.74) is 4.98. The molecule has 3 amide bonds. The highest BCUT2D eigenvalue weighted by molar-refractivity contribution is 7.90. The topological polar surface area (TPSA) is 162 Å². The van der Waals surface area contributed by atoms with Crippen LogP contribution in [0.1, 0.15) is 28.8 Å². The maximum absolute atomic E-state index is 12.8. The average Bonchev–Trinajstić information content (AvgIpc) is 2.97. The molecule has 2 aliphatic rings. The van der Waals surface area contributed by atoms with E-state index in [1.54, 1.807) is 0 Å². The zero-order valence-electron chi connectivity index (χ0n) is 14.9. The lowest BCUT2D eigenvalue weighted by atomic mass is 10.0. The smallest absolute Gasteiger partial charge is 0.363 e. The van der Waals surface area contributed by atoms with Crippen LogP contribution in [-0.4, -0.2) is 46.0 Å². The van der Waals surface area contributed by atoms with Crippen molar-refractivity contribution in [1.82, 2.24) is 19.2 Å². The Morgan fingerprint density at radius 2 is 1.90 bits per heavy atom. The number of hydrogen-bond acceptors (Lipinski definition) is 8. The molecule has 1 aromatic heterocycles. The Morgan fingerprint density at radius 3 is 2.59 bits per heavy atom. The molecule has 1 atom stereocenters. The molecule has 0 bridgehead atoms. The van der Waals surface area contributed by atoms with Gasteiger partial charge in [-0.25, -0.2) is 13.2 Å². The van der Waals surface area contributed by atoms with Gasteiger partial charge in [-0.3, -0.25) is 19.7 Å². The van der Waals surface area contributed by atoms with Crippen LogP contribution in [-0.2, 0) is 26.2 Å². The van der Waals surface area contributed by atoms with Crippen molar-refractivity contribution in [2.45, 2.75) is 30.3 Å². The number of aromatic nitrogens is 2. The van der Waals surface area contributed by atoms with Gasteiger partial charge < -0.3 is 10.6 Å². The van der Waals surface area contributed by atoms with E-state index in [1.807, 2.05) is 0 Å². The first-order valence-electron chi connectivity index (χ1n) is 8.57. The molecule has 1 unspecified atom stereocenters. The molecule has 150 valence electrons. The number of nitrogen functional groups attached to an aromatic ring is 1. The Balaban J connectivity index is 1.69. The zero-order chi connectivity index (χ0) is 20.9. The molecule has 0 spiro atoms. The van der Waals surface area contributed by atoms with Crippen molar-refractivity contribution in [3.05, 3.63) is 52.1 Å². The summed E-state index contributed by atoms with van der Waals surface area (Å²) in [6.07, 6.45) is 1.30. The van der Waals surface area contributed by atoms with E-state index >= 15 is 0 Å². The molecule has 0 saturated carbocycles. The van der Waals surface area contributed by atoms with Crippen LogP contribution >= 0.6 is 0 Å². The molecule has 0 aliphatic carbocycles. The van der Waals surface area contributed by atoms with Crippen molar-refractivity contribution >= 4 is 33.6 Å². The minimum atomic E-state index is -4.30. The predicted molar refractivity (Wildman–Crippen MR) is 98.0 cm³/mol. The van der Waals surface area contributed by atoms with E-state index in [-0.39, 0.29) is 35.7 Å². The fourth-order valence-corrected chi connectivity index (χ4v) is 4.60. The van der Waals surface area contributed by atoms with Crippen molar-refractivity contribution in [1.29, 1.82) is 0 Å². The molecule has 1 aromatic carbocycles. The van der Waals surface area contributed by atoms with Gasteiger partial charge in [0.2, 0.25) is 11.8 Å². The Labute approximate surface area is 164 Å². The van der Waals surface area contributed by atoms with Gasteiger partial charge in [0.1, 0.15) is 11.9 Å². The van der Waals surface area contributed by atoms with Gasteiger partial charge in [0, 0.05) is 24.7 Å². The molecule has 11 nitrogen and oxygen atoms in total. The first-order valence-corrected chi connectivity index (χ1v) is 10.0. The molecule has 3 N–H and O–H groups in total. The first kappa shape index (κ1) is 18.8. The van der Waals surface area contributed by atoms with Gasteiger partial charge in [0.05, 0.1) is 4.90 Å². The van der Waals surface area contributed by atoms with Crippen LogP contribution in [0.15, 0.2) is 40.2 Å². The van der Waals surface area contributed by atoms with E-state index < -0.39 is 39.5 Å². The average molecular weight is 417 g/mol. The second-order valence-electron chi connectivity index (χ2n) is 6.65. The highest BCUT2D eigenvalue weighted by Crippen LogP contribution is 2.29. The van der Waals surface area contributed by atoms with Gasteiger partial charge in [0.15, 0.2) is 0 Å². The van der Waals surface area contributed by atoms with E-state index in [9.17, 15) is 27.6 Å². The zero-order valence-corrected chi connectivity index (χ0v) is 15.7. The second kappa shape index (κ2) is 6.51. The number of nitrogens with one attached hydrogen (secondary N) is 1. The quantitative estimate of drug-likeness (QED) is 0.590. The maximum atomic E-state index is 12.8. The van der Waals surface area contributed by atoms with Crippen LogP contribution in [0, 0.1) is 0 Å². The van der Waals surface area contributed by atoms with Gasteiger partial charge in [-0.05, 0) is 30.2 Å². The summed E-state index contributed by atoms with van der Waals surface area (Å²) >= 11 is 0. The molecule has 3 heterocycles. The van der Waals surface area contributed by atoms with E-state index in [0.717, 1.165) is 6.20 Å². The van der Waals surface area contributed by atoms with Crippen LogP contribution < -0.4 is 16.7 Å². The Hall–Kier alpha value is -3.54. The Morgan fingerprint density at radius 1 is 1.14 bits per heavy atom. The van der Waals surface area contributed by atoms with Crippen molar-refractivity contribution in [3.63, 3.8) is 0 Å². The molecule has 12 heteroatoms. The summed E-state index contributed by atoms with van der Waals surface area (Å²) in [6.45, 7) is 0.115. The molecular formula is C17H15N5O6S. The van der Waals surface area contributed by atoms with Crippen molar-refractivity contribution in [2.75, 3.05) is 5.73 Å². The molecule has 1 fully saturated rings. The minimum Gasteiger partial charge on any atom is -0.383 e. The molecule has 2 aromatic rings. The van der Waals surface area contributed by atoms with Crippen LogP contribution in [0.5, 0.6) is 0 Å². The summed E-state index contributed by atoms with van der Waals surface area (Å²) < 4.78 is 26.0. The standard InChI is InChI=1S/C17H15N5O6S/c18-13-5-6-22(17(26)19-13)29(27,28)10-2-1-9-8-21(16(25)11(9)7-10)12-3-4-14(23)20-15(12)24/h1-2,5-7,12H,3-4,8H2,(H2,18,19,26)(H,20,23,24). The fraction of sp³-hybridized carbons (Fsp3) is 0.235. The SMILES string of the molecule is Nc1ccn(S(=O)(=O)c2ccc3c(c2)C(=O)N(C2CCC(=O)NC2=O)C3)c(=O)n1. The fourth-order valence-electron chi connectivity index (χ4n) is 3.40. The number of carbonyl (C=O) groups excluding carboxylic acids is 3. The minimum absolute atomic E-state index is 0.114. The van der Waals surface area contributed by atoms with Gasteiger partial charge >= 0.3 is 5.69 Å². The van der Waals surface area contributed by atoms with Crippen LogP contribution in [0.4, 0.5) is 5.82 Å². The number of hydrogen-bond donors (Lipinski definition) is 2. The Kier molecular flexibility index (Phi) is 4.22. The monoisotopic (exact) mass is 417 g/mol. The summed E-state index contributed by atoms with van der Waals surface area (Å²) in [5, 5.41) is 2.20.